The Hall–Kier alpha value is -2.13. The van der Waals surface area contributed by atoms with Gasteiger partial charge in [0.15, 0.2) is 0 Å². The van der Waals surface area contributed by atoms with Crippen LogP contribution in [0.1, 0.15) is 23.9 Å². The molecule has 108 valence electrons. The second kappa shape index (κ2) is 5.01. The molecule has 3 aromatic rings. The summed E-state index contributed by atoms with van der Waals surface area (Å²) in [6.45, 7) is 4.15. The molecule has 1 unspecified atom stereocenters. The van der Waals surface area contributed by atoms with Crippen LogP contribution in [0.5, 0.6) is 0 Å². The summed E-state index contributed by atoms with van der Waals surface area (Å²) < 4.78 is 2.13. The molecule has 0 aliphatic heterocycles. The predicted molar refractivity (Wildman–Crippen MR) is 87.1 cm³/mol. The van der Waals surface area contributed by atoms with Gasteiger partial charge in [-0.05, 0) is 31.5 Å². The fraction of sp³-hybridized carbons (Fsp3) is 0.278. The molecule has 3 rings (SSSR count). The van der Waals surface area contributed by atoms with E-state index in [1.165, 1.54) is 5.56 Å². The summed E-state index contributed by atoms with van der Waals surface area (Å²) in [6, 6.07) is 16.6. The number of para-hydroxylation sites is 2. The molecule has 0 bridgehead atoms. The van der Waals surface area contributed by atoms with Crippen molar-refractivity contribution in [2.45, 2.75) is 25.8 Å². The van der Waals surface area contributed by atoms with Crippen molar-refractivity contribution in [3.05, 3.63) is 65.5 Å². The number of nitrogens with zero attached hydrogens (tertiary/aromatic N) is 2. The van der Waals surface area contributed by atoms with Gasteiger partial charge in [0.2, 0.25) is 0 Å². The first-order valence-electron chi connectivity index (χ1n) is 7.24. The third kappa shape index (κ3) is 2.57. The van der Waals surface area contributed by atoms with Crippen LogP contribution in [0.15, 0.2) is 48.5 Å². The van der Waals surface area contributed by atoms with Crippen molar-refractivity contribution in [3.8, 4) is 0 Å². The van der Waals surface area contributed by atoms with Crippen LogP contribution in [0, 0.1) is 6.92 Å². The Labute approximate surface area is 125 Å². The van der Waals surface area contributed by atoms with Gasteiger partial charge in [0.25, 0.3) is 0 Å². The second-order valence-corrected chi connectivity index (χ2v) is 6.04. The summed E-state index contributed by atoms with van der Waals surface area (Å²) in [5.41, 5.74) is 10.7. The van der Waals surface area contributed by atoms with Gasteiger partial charge in [0.1, 0.15) is 5.82 Å². The van der Waals surface area contributed by atoms with E-state index in [0.717, 1.165) is 22.4 Å². The maximum absolute atomic E-state index is 6.56. The van der Waals surface area contributed by atoms with Crippen LogP contribution in [0.4, 0.5) is 0 Å². The zero-order chi connectivity index (χ0) is 15.0. The van der Waals surface area contributed by atoms with E-state index in [9.17, 15) is 0 Å². The lowest BCUT2D eigenvalue weighted by Crippen LogP contribution is -2.36. The number of hydrogen-bond donors (Lipinski definition) is 1. The highest BCUT2D eigenvalue weighted by Gasteiger charge is 2.24. The molecule has 3 nitrogen and oxygen atoms in total. The van der Waals surface area contributed by atoms with Crippen molar-refractivity contribution in [2.24, 2.45) is 12.8 Å². The number of aromatic nitrogens is 2. The van der Waals surface area contributed by atoms with E-state index in [4.69, 9.17) is 10.7 Å². The maximum Gasteiger partial charge on any atom is 0.111 e. The van der Waals surface area contributed by atoms with Crippen LogP contribution in [-0.4, -0.2) is 9.55 Å². The normalized spacial score (nSPS) is 14.3. The first-order valence-corrected chi connectivity index (χ1v) is 7.24. The van der Waals surface area contributed by atoms with Gasteiger partial charge in [-0.25, -0.2) is 4.98 Å². The summed E-state index contributed by atoms with van der Waals surface area (Å²) in [7, 11) is 2.05. The van der Waals surface area contributed by atoms with Crippen LogP contribution in [0.3, 0.4) is 0 Å². The van der Waals surface area contributed by atoms with Gasteiger partial charge >= 0.3 is 0 Å². The molecule has 1 aromatic heterocycles. The van der Waals surface area contributed by atoms with E-state index in [1.807, 2.05) is 18.2 Å². The van der Waals surface area contributed by atoms with Crippen LogP contribution >= 0.6 is 0 Å². The number of hydrogen-bond acceptors (Lipinski definition) is 2. The summed E-state index contributed by atoms with van der Waals surface area (Å²) >= 11 is 0. The van der Waals surface area contributed by atoms with E-state index < -0.39 is 5.54 Å². The first kappa shape index (κ1) is 13.8. The Kier molecular flexibility index (Phi) is 3.30. The Bertz CT molecular complexity index is 767. The van der Waals surface area contributed by atoms with Gasteiger partial charge in [-0.1, -0.05) is 42.0 Å². The Morgan fingerprint density at radius 1 is 1.10 bits per heavy atom. The van der Waals surface area contributed by atoms with E-state index in [2.05, 4.69) is 55.8 Å². The molecule has 1 heterocycles. The lowest BCUT2D eigenvalue weighted by atomic mass is 9.89. The first-order chi connectivity index (χ1) is 9.97. The standard InChI is InChI=1S/C18H21N3/c1-13-8-10-14(11-9-13)18(2,19)12-17-20-15-6-4-5-7-16(15)21(17)3/h4-11H,12,19H2,1-3H3. The molecule has 0 radical (unpaired) electrons. The maximum atomic E-state index is 6.56. The molecule has 2 aromatic carbocycles. The Morgan fingerprint density at radius 2 is 1.76 bits per heavy atom. The molecular weight excluding hydrogens is 258 g/mol. The minimum atomic E-state index is -0.428. The summed E-state index contributed by atoms with van der Waals surface area (Å²) in [5, 5.41) is 0. The molecule has 0 spiro atoms. The average molecular weight is 279 g/mol. The lowest BCUT2D eigenvalue weighted by molar-refractivity contribution is 0.472. The van der Waals surface area contributed by atoms with Gasteiger partial charge in [0, 0.05) is 19.0 Å². The fourth-order valence-electron chi connectivity index (χ4n) is 2.72. The van der Waals surface area contributed by atoms with E-state index in [-0.39, 0.29) is 0 Å². The van der Waals surface area contributed by atoms with Crippen molar-refractivity contribution in [3.63, 3.8) is 0 Å². The number of fused-ring (bicyclic) bond motifs is 1. The lowest BCUT2D eigenvalue weighted by Gasteiger charge is -2.25. The monoisotopic (exact) mass is 279 g/mol. The molecular formula is C18H21N3. The van der Waals surface area contributed by atoms with Crippen LogP contribution in [0.2, 0.25) is 0 Å². The summed E-state index contributed by atoms with van der Waals surface area (Å²) in [5.74, 6) is 1.02. The van der Waals surface area contributed by atoms with Crippen LogP contribution in [0.25, 0.3) is 11.0 Å². The number of rotatable bonds is 3. The highest BCUT2D eigenvalue weighted by molar-refractivity contribution is 5.75. The fourth-order valence-corrected chi connectivity index (χ4v) is 2.72. The van der Waals surface area contributed by atoms with Crippen LogP contribution in [-0.2, 0) is 19.0 Å². The molecule has 0 saturated carbocycles. The topological polar surface area (TPSA) is 43.8 Å². The highest BCUT2D eigenvalue weighted by atomic mass is 15.1. The molecule has 0 saturated heterocycles. The zero-order valence-corrected chi connectivity index (χ0v) is 12.8. The van der Waals surface area contributed by atoms with E-state index in [1.54, 1.807) is 0 Å². The number of aryl methyl sites for hydroxylation is 2. The van der Waals surface area contributed by atoms with Gasteiger partial charge < -0.3 is 10.3 Å². The third-order valence-electron chi connectivity index (χ3n) is 4.12. The van der Waals surface area contributed by atoms with Crippen LogP contribution < -0.4 is 5.73 Å². The number of benzene rings is 2. The molecule has 2 N–H and O–H groups in total. The van der Waals surface area contributed by atoms with Crippen molar-refractivity contribution in [2.75, 3.05) is 0 Å². The molecule has 1 atom stereocenters. The molecule has 0 fully saturated rings. The van der Waals surface area contributed by atoms with E-state index >= 15 is 0 Å². The van der Waals surface area contributed by atoms with Crippen molar-refractivity contribution >= 4 is 11.0 Å². The Balaban J connectivity index is 1.96. The van der Waals surface area contributed by atoms with Crippen molar-refractivity contribution in [1.82, 2.24) is 9.55 Å². The minimum Gasteiger partial charge on any atom is -0.331 e. The molecule has 0 aliphatic rings. The van der Waals surface area contributed by atoms with Crippen molar-refractivity contribution in [1.29, 1.82) is 0 Å². The average Bonchev–Trinajstić information content (AvgIpc) is 2.76. The highest BCUT2D eigenvalue weighted by Crippen LogP contribution is 2.24. The zero-order valence-electron chi connectivity index (χ0n) is 12.8. The molecule has 0 amide bonds. The summed E-state index contributed by atoms with van der Waals surface area (Å²) in [6.07, 6.45) is 0.710. The van der Waals surface area contributed by atoms with Crippen molar-refractivity contribution < 1.29 is 0 Å². The van der Waals surface area contributed by atoms with Gasteiger partial charge in [-0.15, -0.1) is 0 Å². The minimum absolute atomic E-state index is 0.428. The number of nitrogens with two attached hydrogens (primary N) is 1. The van der Waals surface area contributed by atoms with E-state index in [0.29, 0.717) is 6.42 Å². The Morgan fingerprint density at radius 3 is 2.43 bits per heavy atom. The predicted octanol–water partition coefficient (Wildman–Crippen LogP) is 3.30. The van der Waals surface area contributed by atoms with Gasteiger partial charge in [-0.2, -0.15) is 0 Å². The van der Waals surface area contributed by atoms with Gasteiger partial charge in [0.05, 0.1) is 11.0 Å². The second-order valence-electron chi connectivity index (χ2n) is 6.04. The smallest absolute Gasteiger partial charge is 0.111 e. The summed E-state index contributed by atoms with van der Waals surface area (Å²) in [4.78, 5) is 4.72. The largest absolute Gasteiger partial charge is 0.331 e. The van der Waals surface area contributed by atoms with Gasteiger partial charge in [-0.3, -0.25) is 0 Å². The molecule has 21 heavy (non-hydrogen) atoms. The molecule has 0 aliphatic carbocycles. The SMILES string of the molecule is Cc1ccc(C(C)(N)Cc2nc3ccccc3n2C)cc1. The quantitative estimate of drug-likeness (QED) is 0.799. The molecule has 3 heteroatoms. The third-order valence-corrected chi connectivity index (χ3v) is 4.12. The number of imidazole rings is 1.